The Morgan fingerprint density at radius 3 is 2.38 bits per heavy atom. The number of carbonyl (C=O) groups excluding carboxylic acids is 1. The molecule has 0 saturated heterocycles. The van der Waals surface area contributed by atoms with Crippen LogP contribution in [-0.2, 0) is 7.05 Å². The van der Waals surface area contributed by atoms with E-state index in [0.29, 0.717) is 5.69 Å². The van der Waals surface area contributed by atoms with E-state index in [1.165, 1.54) is 4.57 Å². The number of hydrogen-bond donors (Lipinski definition) is 2. The Labute approximate surface area is 150 Å². The summed E-state index contributed by atoms with van der Waals surface area (Å²) in [5.41, 5.74) is 10.6. The molecule has 4 aromatic rings. The van der Waals surface area contributed by atoms with Gasteiger partial charge in [0.05, 0.1) is 28.9 Å². The number of phenols is 1. The van der Waals surface area contributed by atoms with E-state index in [-0.39, 0.29) is 5.75 Å². The van der Waals surface area contributed by atoms with Crippen molar-refractivity contribution < 1.29 is 9.90 Å². The molecule has 0 saturated carbocycles. The summed E-state index contributed by atoms with van der Waals surface area (Å²) in [6, 6.07) is 14.0. The standard InChI is InChI=1S/C20H18N4O2/c1-12-18(23(2)11-22-12)19-17(13-7-9-14(25)10-8-13)15-5-3-4-6-16(15)24(19)20(21)26/h3-11,25H,1-2H3,(H2,21,26). The highest BCUT2D eigenvalue weighted by molar-refractivity contribution is 6.09. The third-order valence-corrected chi connectivity index (χ3v) is 4.60. The average Bonchev–Trinajstić information content (AvgIpc) is 3.12. The number of primary amides is 1. The van der Waals surface area contributed by atoms with Crippen molar-refractivity contribution in [2.75, 3.05) is 0 Å². The Balaban J connectivity index is 2.21. The summed E-state index contributed by atoms with van der Waals surface area (Å²) >= 11 is 0. The minimum Gasteiger partial charge on any atom is -0.508 e. The first-order valence-electron chi connectivity index (χ1n) is 8.20. The normalized spacial score (nSPS) is 11.2. The molecule has 3 N–H and O–H groups in total. The van der Waals surface area contributed by atoms with Crippen LogP contribution in [0.5, 0.6) is 5.75 Å². The number of carbonyl (C=O) groups is 1. The van der Waals surface area contributed by atoms with Crippen LogP contribution in [-0.4, -0.2) is 25.3 Å². The highest BCUT2D eigenvalue weighted by Gasteiger charge is 2.25. The van der Waals surface area contributed by atoms with Gasteiger partial charge in [0.1, 0.15) is 5.75 Å². The molecular formula is C20H18N4O2. The Bertz CT molecular complexity index is 1120. The fourth-order valence-electron chi connectivity index (χ4n) is 3.50. The van der Waals surface area contributed by atoms with Crippen molar-refractivity contribution in [1.29, 1.82) is 0 Å². The number of aryl methyl sites for hydroxylation is 2. The molecule has 130 valence electrons. The number of benzene rings is 2. The van der Waals surface area contributed by atoms with Gasteiger partial charge in [0.15, 0.2) is 0 Å². The average molecular weight is 346 g/mol. The molecule has 6 heteroatoms. The SMILES string of the molecule is Cc1ncn(C)c1-c1c(-c2ccc(O)cc2)c2ccccc2n1C(N)=O. The molecule has 4 rings (SSSR count). The van der Waals surface area contributed by atoms with Gasteiger partial charge < -0.3 is 15.4 Å². The summed E-state index contributed by atoms with van der Waals surface area (Å²) in [5.74, 6) is 0.186. The van der Waals surface area contributed by atoms with Gasteiger partial charge in [-0.15, -0.1) is 0 Å². The maximum atomic E-state index is 12.4. The Hall–Kier alpha value is -3.54. The zero-order chi connectivity index (χ0) is 18.4. The van der Waals surface area contributed by atoms with Gasteiger partial charge >= 0.3 is 6.03 Å². The number of aromatic nitrogens is 3. The predicted molar refractivity (Wildman–Crippen MR) is 101 cm³/mol. The van der Waals surface area contributed by atoms with Gasteiger partial charge in [0, 0.05) is 18.0 Å². The van der Waals surface area contributed by atoms with Crippen LogP contribution >= 0.6 is 0 Å². The van der Waals surface area contributed by atoms with E-state index in [2.05, 4.69) is 4.98 Å². The second kappa shape index (κ2) is 5.77. The number of fused-ring (bicyclic) bond motifs is 1. The number of nitrogens with two attached hydrogens (primary N) is 1. The quantitative estimate of drug-likeness (QED) is 0.581. The minimum absolute atomic E-state index is 0.186. The summed E-state index contributed by atoms with van der Waals surface area (Å²) < 4.78 is 3.41. The van der Waals surface area contributed by atoms with Crippen LogP contribution in [0.25, 0.3) is 33.4 Å². The monoisotopic (exact) mass is 346 g/mol. The molecule has 0 radical (unpaired) electrons. The number of amides is 1. The Morgan fingerprint density at radius 1 is 1.08 bits per heavy atom. The van der Waals surface area contributed by atoms with Crippen LogP contribution < -0.4 is 5.73 Å². The predicted octanol–water partition coefficient (Wildman–Crippen LogP) is 3.65. The van der Waals surface area contributed by atoms with Crippen molar-refractivity contribution >= 4 is 16.9 Å². The molecule has 0 spiro atoms. The lowest BCUT2D eigenvalue weighted by atomic mass is 10.00. The van der Waals surface area contributed by atoms with Crippen molar-refractivity contribution in [3.8, 4) is 28.3 Å². The zero-order valence-electron chi connectivity index (χ0n) is 14.5. The highest BCUT2D eigenvalue weighted by atomic mass is 16.3. The Morgan fingerprint density at radius 2 is 1.77 bits per heavy atom. The lowest BCUT2D eigenvalue weighted by molar-refractivity contribution is 0.251. The van der Waals surface area contributed by atoms with Crippen LogP contribution in [0.4, 0.5) is 4.79 Å². The molecule has 2 aromatic carbocycles. The zero-order valence-corrected chi connectivity index (χ0v) is 14.5. The van der Waals surface area contributed by atoms with Crippen molar-refractivity contribution in [1.82, 2.24) is 14.1 Å². The number of rotatable bonds is 2. The molecular weight excluding hydrogens is 328 g/mol. The molecule has 0 unspecified atom stereocenters. The Kier molecular flexibility index (Phi) is 3.54. The first kappa shape index (κ1) is 16.0. The second-order valence-electron chi connectivity index (χ2n) is 6.25. The van der Waals surface area contributed by atoms with Gasteiger partial charge in [-0.05, 0) is 30.7 Å². The molecule has 26 heavy (non-hydrogen) atoms. The number of para-hydroxylation sites is 1. The molecule has 2 heterocycles. The van der Waals surface area contributed by atoms with Crippen LogP contribution in [0.15, 0.2) is 54.9 Å². The lowest BCUT2D eigenvalue weighted by Crippen LogP contribution is -2.20. The summed E-state index contributed by atoms with van der Waals surface area (Å²) in [4.78, 5) is 16.7. The van der Waals surface area contributed by atoms with Crippen molar-refractivity contribution in [2.24, 2.45) is 12.8 Å². The van der Waals surface area contributed by atoms with E-state index in [1.807, 2.05) is 54.9 Å². The van der Waals surface area contributed by atoms with Crippen LogP contribution in [0.3, 0.4) is 0 Å². The van der Waals surface area contributed by atoms with Crippen LogP contribution in [0.1, 0.15) is 5.69 Å². The van der Waals surface area contributed by atoms with E-state index in [4.69, 9.17) is 5.73 Å². The lowest BCUT2D eigenvalue weighted by Gasteiger charge is -2.11. The number of phenolic OH excluding ortho intramolecular Hbond substituents is 1. The van der Waals surface area contributed by atoms with Crippen molar-refractivity contribution in [2.45, 2.75) is 6.92 Å². The summed E-state index contributed by atoms with van der Waals surface area (Å²) in [6.45, 7) is 1.90. The maximum absolute atomic E-state index is 12.4. The van der Waals surface area contributed by atoms with E-state index in [1.54, 1.807) is 18.5 Å². The molecule has 1 amide bonds. The first-order valence-corrected chi connectivity index (χ1v) is 8.20. The van der Waals surface area contributed by atoms with Crippen LogP contribution in [0.2, 0.25) is 0 Å². The maximum Gasteiger partial charge on any atom is 0.323 e. The molecule has 0 aliphatic carbocycles. The third-order valence-electron chi connectivity index (χ3n) is 4.60. The molecule has 0 aliphatic rings. The number of nitrogens with zero attached hydrogens (tertiary/aromatic N) is 3. The van der Waals surface area contributed by atoms with Crippen LogP contribution in [0, 0.1) is 6.92 Å². The smallest absolute Gasteiger partial charge is 0.323 e. The summed E-state index contributed by atoms with van der Waals surface area (Å²) in [7, 11) is 1.89. The van der Waals surface area contributed by atoms with E-state index >= 15 is 0 Å². The third kappa shape index (κ3) is 2.27. The number of hydrogen-bond acceptors (Lipinski definition) is 3. The largest absolute Gasteiger partial charge is 0.508 e. The fourth-order valence-corrected chi connectivity index (χ4v) is 3.50. The van der Waals surface area contributed by atoms with Gasteiger partial charge in [-0.3, -0.25) is 4.57 Å². The molecule has 0 atom stereocenters. The van der Waals surface area contributed by atoms with Gasteiger partial charge in [-0.25, -0.2) is 9.78 Å². The van der Waals surface area contributed by atoms with E-state index in [0.717, 1.165) is 33.4 Å². The molecule has 6 nitrogen and oxygen atoms in total. The number of imidazole rings is 1. The van der Waals surface area contributed by atoms with Crippen molar-refractivity contribution in [3.63, 3.8) is 0 Å². The summed E-state index contributed by atoms with van der Waals surface area (Å²) in [6.07, 6.45) is 1.72. The fraction of sp³-hybridized carbons (Fsp3) is 0.100. The van der Waals surface area contributed by atoms with Crippen molar-refractivity contribution in [3.05, 3.63) is 60.6 Å². The van der Waals surface area contributed by atoms with Gasteiger partial charge in [-0.2, -0.15) is 0 Å². The van der Waals surface area contributed by atoms with Gasteiger partial charge in [0.25, 0.3) is 0 Å². The summed E-state index contributed by atoms with van der Waals surface area (Å²) in [5, 5.41) is 10.6. The molecule has 2 aromatic heterocycles. The molecule has 0 fully saturated rings. The number of aromatic hydroxyl groups is 1. The molecule has 0 bridgehead atoms. The van der Waals surface area contributed by atoms with Gasteiger partial charge in [0.2, 0.25) is 0 Å². The first-order chi connectivity index (χ1) is 12.5. The van der Waals surface area contributed by atoms with Gasteiger partial charge in [-0.1, -0.05) is 30.3 Å². The topological polar surface area (TPSA) is 86.1 Å². The molecule has 0 aliphatic heterocycles. The van der Waals surface area contributed by atoms with E-state index < -0.39 is 6.03 Å². The second-order valence-corrected chi connectivity index (χ2v) is 6.25. The van der Waals surface area contributed by atoms with E-state index in [9.17, 15) is 9.90 Å². The highest BCUT2D eigenvalue weighted by Crippen LogP contribution is 2.41. The minimum atomic E-state index is -0.554.